The Morgan fingerprint density at radius 1 is 1.82 bits per heavy atom. The van der Waals surface area contributed by atoms with Crippen LogP contribution in [0.25, 0.3) is 0 Å². The van der Waals surface area contributed by atoms with E-state index in [1.54, 1.807) is 0 Å². The van der Waals surface area contributed by atoms with Crippen molar-refractivity contribution in [3.63, 3.8) is 0 Å². The molecule has 0 heterocycles. The van der Waals surface area contributed by atoms with E-state index in [2.05, 4.69) is 11.9 Å². The lowest BCUT2D eigenvalue weighted by atomic mass is 10.2. The normalized spacial score (nSPS) is 12.5. The van der Waals surface area contributed by atoms with Crippen molar-refractivity contribution in [2.24, 2.45) is 5.73 Å². The van der Waals surface area contributed by atoms with Crippen molar-refractivity contribution in [3.05, 3.63) is 12.7 Å². The first-order valence-corrected chi connectivity index (χ1v) is 3.79. The van der Waals surface area contributed by atoms with Crippen molar-refractivity contribution >= 4 is 5.91 Å². The van der Waals surface area contributed by atoms with E-state index < -0.39 is 0 Å². The molecule has 0 aliphatic heterocycles. The van der Waals surface area contributed by atoms with Gasteiger partial charge in [-0.25, -0.2) is 0 Å². The molecule has 1 atom stereocenters. The molecule has 0 aromatic rings. The number of rotatable bonds is 6. The van der Waals surface area contributed by atoms with Crippen LogP contribution in [0.15, 0.2) is 12.7 Å². The van der Waals surface area contributed by atoms with E-state index in [-0.39, 0.29) is 12.5 Å². The molecule has 0 rings (SSSR count). The largest absolute Gasteiger partial charge is 0.369 e. The molecular weight excluding hydrogens is 140 g/mol. The average molecular weight is 156 g/mol. The van der Waals surface area contributed by atoms with Gasteiger partial charge in [0.05, 0.1) is 6.54 Å². The van der Waals surface area contributed by atoms with Gasteiger partial charge in [0.15, 0.2) is 0 Å². The number of allylic oxidation sites excluding steroid dienone is 1. The third kappa shape index (κ3) is 7.06. The first kappa shape index (κ1) is 10.2. The summed E-state index contributed by atoms with van der Waals surface area (Å²) in [5, 5.41) is 2.99. The maximum absolute atomic E-state index is 10.3. The molecule has 0 aliphatic rings. The summed E-state index contributed by atoms with van der Waals surface area (Å²) in [5.41, 5.74) is 4.95. The summed E-state index contributed by atoms with van der Waals surface area (Å²) in [5.74, 6) is -0.310. The summed E-state index contributed by atoms with van der Waals surface area (Å²) < 4.78 is 0. The van der Waals surface area contributed by atoms with Crippen LogP contribution >= 0.6 is 0 Å². The molecule has 0 saturated heterocycles. The Kier molecular flexibility index (Phi) is 5.47. The van der Waals surface area contributed by atoms with Crippen molar-refractivity contribution < 1.29 is 4.79 Å². The summed E-state index contributed by atoms with van der Waals surface area (Å²) in [6, 6.07) is 0.334. The van der Waals surface area contributed by atoms with E-state index in [1.165, 1.54) is 0 Å². The molecule has 0 saturated carbocycles. The van der Waals surface area contributed by atoms with Crippen LogP contribution in [0.3, 0.4) is 0 Å². The molecule has 1 unspecified atom stereocenters. The van der Waals surface area contributed by atoms with Gasteiger partial charge in [0.1, 0.15) is 0 Å². The van der Waals surface area contributed by atoms with Crippen molar-refractivity contribution in [1.82, 2.24) is 5.32 Å². The number of primary amides is 1. The molecule has 0 aliphatic carbocycles. The van der Waals surface area contributed by atoms with Gasteiger partial charge in [-0.2, -0.15) is 0 Å². The minimum atomic E-state index is -0.310. The van der Waals surface area contributed by atoms with E-state index in [9.17, 15) is 4.79 Å². The number of hydrogen-bond acceptors (Lipinski definition) is 2. The maximum Gasteiger partial charge on any atom is 0.231 e. The molecule has 0 radical (unpaired) electrons. The number of hydrogen-bond donors (Lipinski definition) is 2. The standard InChI is InChI=1S/C8H16N2O/c1-3-4-5-7(2)10-6-8(9)11/h3,7,10H,1,4-6H2,2H3,(H2,9,11). The Labute approximate surface area is 67.7 Å². The van der Waals surface area contributed by atoms with E-state index in [1.807, 2.05) is 13.0 Å². The Morgan fingerprint density at radius 2 is 2.45 bits per heavy atom. The SMILES string of the molecule is C=CCCC(C)NCC(N)=O. The minimum absolute atomic E-state index is 0.262. The lowest BCUT2D eigenvalue weighted by Crippen LogP contribution is -2.34. The highest BCUT2D eigenvalue weighted by atomic mass is 16.1. The fourth-order valence-corrected chi connectivity index (χ4v) is 0.745. The molecule has 1 amide bonds. The van der Waals surface area contributed by atoms with Crippen LogP contribution in [0.2, 0.25) is 0 Å². The zero-order valence-corrected chi connectivity index (χ0v) is 6.97. The quantitative estimate of drug-likeness (QED) is 0.547. The van der Waals surface area contributed by atoms with Gasteiger partial charge in [-0.1, -0.05) is 6.08 Å². The van der Waals surface area contributed by atoms with E-state index in [0.29, 0.717) is 6.04 Å². The molecule has 11 heavy (non-hydrogen) atoms. The van der Waals surface area contributed by atoms with Crippen LogP contribution in [-0.2, 0) is 4.79 Å². The lowest BCUT2D eigenvalue weighted by molar-refractivity contribution is -0.117. The van der Waals surface area contributed by atoms with Crippen molar-refractivity contribution in [1.29, 1.82) is 0 Å². The van der Waals surface area contributed by atoms with Crippen molar-refractivity contribution in [2.45, 2.75) is 25.8 Å². The fraction of sp³-hybridized carbons (Fsp3) is 0.625. The first-order chi connectivity index (χ1) is 5.16. The van der Waals surface area contributed by atoms with Crippen LogP contribution in [0.1, 0.15) is 19.8 Å². The van der Waals surface area contributed by atoms with E-state index in [4.69, 9.17) is 5.73 Å². The second kappa shape index (κ2) is 5.92. The Morgan fingerprint density at radius 3 is 2.91 bits per heavy atom. The predicted molar refractivity (Wildman–Crippen MR) is 46.1 cm³/mol. The second-order valence-electron chi connectivity index (χ2n) is 2.61. The van der Waals surface area contributed by atoms with Crippen LogP contribution in [0.4, 0.5) is 0 Å². The van der Waals surface area contributed by atoms with Gasteiger partial charge in [-0.15, -0.1) is 6.58 Å². The molecule has 0 bridgehead atoms. The highest BCUT2D eigenvalue weighted by Gasteiger charge is 2.00. The lowest BCUT2D eigenvalue weighted by Gasteiger charge is -2.09. The third-order valence-electron chi connectivity index (χ3n) is 1.43. The predicted octanol–water partition coefficient (Wildman–Crippen LogP) is 0.416. The molecule has 64 valence electrons. The van der Waals surface area contributed by atoms with Crippen molar-refractivity contribution in [3.8, 4) is 0 Å². The van der Waals surface area contributed by atoms with Gasteiger partial charge in [-0.05, 0) is 19.8 Å². The molecule has 0 aromatic heterocycles. The van der Waals surface area contributed by atoms with E-state index in [0.717, 1.165) is 12.8 Å². The Bertz CT molecular complexity index is 134. The maximum atomic E-state index is 10.3. The van der Waals surface area contributed by atoms with Gasteiger partial charge in [0, 0.05) is 6.04 Å². The van der Waals surface area contributed by atoms with E-state index >= 15 is 0 Å². The van der Waals surface area contributed by atoms with Crippen molar-refractivity contribution in [2.75, 3.05) is 6.54 Å². The monoisotopic (exact) mass is 156 g/mol. The number of carbonyl (C=O) groups is 1. The third-order valence-corrected chi connectivity index (χ3v) is 1.43. The smallest absolute Gasteiger partial charge is 0.231 e. The van der Waals surface area contributed by atoms with Crippen LogP contribution < -0.4 is 11.1 Å². The fourth-order valence-electron chi connectivity index (χ4n) is 0.745. The zero-order chi connectivity index (χ0) is 8.69. The van der Waals surface area contributed by atoms with Crippen LogP contribution in [0, 0.1) is 0 Å². The van der Waals surface area contributed by atoms with Gasteiger partial charge in [-0.3, -0.25) is 4.79 Å². The van der Waals surface area contributed by atoms with Gasteiger partial charge >= 0.3 is 0 Å². The topological polar surface area (TPSA) is 55.1 Å². The summed E-state index contributed by atoms with van der Waals surface area (Å²) in [7, 11) is 0. The number of nitrogens with two attached hydrogens (primary N) is 1. The molecule has 3 nitrogen and oxygen atoms in total. The Hall–Kier alpha value is -0.830. The first-order valence-electron chi connectivity index (χ1n) is 3.79. The molecular formula is C8H16N2O. The summed E-state index contributed by atoms with van der Waals surface area (Å²) >= 11 is 0. The minimum Gasteiger partial charge on any atom is -0.369 e. The number of carbonyl (C=O) groups excluding carboxylic acids is 1. The average Bonchev–Trinajstić information content (AvgIpc) is 1.97. The second-order valence-corrected chi connectivity index (χ2v) is 2.61. The summed E-state index contributed by atoms with van der Waals surface area (Å²) in [6.07, 6.45) is 3.83. The summed E-state index contributed by atoms with van der Waals surface area (Å²) in [6.45, 7) is 5.89. The summed E-state index contributed by atoms with van der Waals surface area (Å²) in [4.78, 5) is 10.3. The highest BCUT2D eigenvalue weighted by Crippen LogP contribution is 1.95. The molecule has 0 spiro atoms. The van der Waals surface area contributed by atoms with Crippen LogP contribution in [-0.4, -0.2) is 18.5 Å². The molecule has 3 N–H and O–H groups in total. The van der Waals surface area contributed by atoms with Gasteiger partial charge in [0.25, 0.3) is 0 Å². The zero-order valence-electron chi connectivity index (χ0n) is 6.97. The number of nitrogens with one attached hydrogen (secondary N) is 1. The van der Waals surface area contributed by atoms with Crippen LogP contribution in [0.5, 0.6) is 0 Å². The highest BCUT2D eigenvalue weighted by molar-refractivity contribution is 5.75. The number of amides is 1. The molecule has 0 fully saturated rings. The Balaban J connectivity index is 3.28. The van der Waals surface area contributed by atoms with Gasteiger partial charge < -0.3 is 11.1 Å². The molecule has 3 heteroatoms. The van der Waals surface area contributed by atoms with Gasteiger partial charge in [0.2, 0.25) is 5.91 Å². The molecule has 0 aromatic carbocycles.